The monoisotopic (exact) mass is 294 g/mol. The maximum absolute atomic E-state index is 13.8. The van der Waals surface area contributed by atoms with Crippen LogP contribution in [0.3, 0.4) is 0 Å². The number of ether oxygens (including phenoxy) is 1. The summed E-state index contributed by atoms with van der Waals surface area (Å²) in [5.41, 5.74) is 0.711. The quantitative estimate of drug-likeness (QED) is 0.571. The van der Waals surface area contributed by atoms with Crippen molar-refractivity contribution in [1.82, 2.24) is 0 Å². The summed E-state index contributed by atoms with van der Waals surface area (Å²) < 4.78 is 30.5. The fourth-order valence-electron chi connectivity index (χ4n) is 2.52. The van der Waals surface area contributed by atoms with Crippen molar-refractivity contribution >= 4 is 12.6 Å². The maximum Gasteiger partial charge on any atom is 0.493 e. The van der Waals surface area contributed by atoms with Crippen molar-refractivity contribution in [2.75, 3.05) is 19.8 Å². The molecular formula is C16H24BFO3. The first-order valence-corrected chi connectivity index (χ1v) is 7.90. The topological polar surface area (TPSA) is 27.7 Å². The van der Waals surface area contributed by atoms with Crippen LogP contribution in [0.15, 0.2) is 18.2 Å². The second-order valence-corrected chi connectivity index (χ2v) is 5.48. The molecule has 0 saturated carbocycles. The first-order chi connectivity index (χ1) is 10.2. The van der Waals surface area contributed by atoms with E-state index in [1.165, 1.54) is 25.3 Å². The molecule has 3 nitrogen and oxygen atoms in total. The smallest absolute Gasteiger partial charge is 0.491 e. The van der Waals surface area contributed by atoms with Gasteiger partial charge in [-0.2, -0.15) is 0 Å². The zero-order valence-corrected chi connectivity index (χ0v) is 12.9. The molecule has 0 amide bonds. The van der Waals surface area contributed by atoms with Gasteiger partial charge in [0.05, 0.1) is 6.61 Å². The van der Waals surface area contributed by atoms with Crippen LogP contribution in [0.25, 0.3) is 0 Å². The van der Waals surface area contributed by atoms with Crippen LogP contribution in [-0.4, -0.2) is 26.9 Å². The fraction of sp³-hybridized carbons (Fsp3) is 0.625. The van der Waals surface area contributed by atoms with Crippen molar-refractivity contribution in [1.29, 1.82) is 0 Å². The van der Waals surface area contributed by atoms with Crippen LogP contribution in [0.4, 0.5) is 4.39 Å². The van der Waals surface area contributed by atoms with E-state index in [0.29, 0.717) is 31.2 Å². The lowest BCUT2D eigenvalue weighted by atomic mass is 9.77. The van der Waals surface area contributed by atoms with Gasteiger partial charge in [0.15, 0.2) is 11.6 Å². The summed E-state index contributed by atoms with van der Waals surface area (Å²) >= 11 is 0. The van der Waals surface area contributed by atoms with Crippen molar-refractivity contribution in [3.8, 4) is 5.75 Å². The Balaban J connectivity index is 1.85. The van der Waals surface area contributed by atoms with E-state index in [9.17, 15) is 4.39 Å². The average molecular weight is 294 g/mol. The Bertz CT molecular complexity index is 434. The van der Waals surface area contributed by atoms with Gasteiger partial charge < -0.3 is 14.0 Å². The summed E-state index contributed by atoms with van der Waals surface area (Å²) in [6, 6.07) is 4.87. The van der Waals surface area contributed by atoms with Crippen LogP contribution in [0.2, 0.25) is 0 Å². The molecule has 1 aromatic rings. The molecule has 2 rings (SSSR count). The molecule has 1 aliphatic heterocycles. The van der Waals surface area contributed by atoms with Gasteiger partial charge in [0, 0.05) is 19.1 Å². The van der Waals surface area contributed by atoms with Crippen molar-refractivity contribution in [2.24, 2.45) is 5.92 Å². The Morgan fingerprint density at radius 3 is 2.62 bits per heavy atom. The highest BCUT2D eigenvalue weighted by atomic mass is 19.1. The first kappa shape index (κ1) is 16.3. The molecule has 116 valence electrons. The van der Waals surface area contributed by atoms with Crippen LogP contribution in [-0.2, 0) is 9.31 Å². The lowest BCUT2D eigenvalue weighted by Crippen LogP contribution is -2.44. The number of hydrogen-bond donors (Lipinski definition) is 0. The predicted molar refractivity (Wildman–Crippen MR) is 82.5 cm³/mol. The summed E-state index contributed by atoms with van der Waals surface area (Å²) in [6.07, 6.45) is 4.83. The molecular weight excluding hydrogens is 270 g/mol. The number of unbranched alkanes of at least 4 members (excludes halogenated alkanes) is 2. The van der Waals surface area contributed by atoms with Crippen molar-refractivity contribution in [3.05, 3.63) is 24.0 Å². The van der Waals surface area contributed by atoms with E-state index in [4.69, 9.17) is 14.0 Å². The van der Waals surface area contributed by atoms with Gasteiger partial charge in [-0.1, -0.05) is 32.3 Å². The molecule has 5 heteroatoms. The van der Waals surface area contributed by atoms with E-state index in [1.807, 2.05) is 6.92 Å². The minimum absolute atomic E-state index is 0.273. The highest BCUT2D eigenvalue weighted by molar-refractivity contribution is 6.61. The molecule has 0 aliphatic carbocycles. The normalized spacial score (nSPS) is 16.2. The van der Waals surface area contributed by atoms with Crippen LogP contribution in [0.5, 0.6) is 5.75 Å². The molecule has 21 heavy (non-hydrogen) atoms. The first-order valence-electron chi connectivity index (χ1n) is 7.90. The molecule has 1 fully saturated rings. The molecule has 1 aliphatic rings. The molecule has 0 spiro atoms. The minimum atomic E-state index is -0.461. The Kier molecular flexibility index (Phi) is 6.52. The van der Waals surface area contributed by atoms with E-state index in [1.54, 1.807) is 12.1 Å². The number of benzene rings is 1. The van der Waals surface area contributed by atoms with E-state index in [2.05, 4.69) is 6.92 Å². The summed E-state index contributed by atoms with van der Waals surface area (Å²) in [7, 11) is -0.461. The van der Waals surface area contributed by atoms with Gasteiger partial charge in [0.2, 0.25) is 0 Å². The zero-order chi connectivity index (χ0) is 15.1. The molecule has 1 saturated heterocycles. The third kappa shape index (κ3) is 4.72. The lowest BCUT2D eigenvalue weighted by molar-refractivity contribution is 0.0811. The molecule has 1 heterocycles. The number of hydrogen-bond acceptors (Lipinski definition) is 3. The van der Waals surface area contributed by atoms with Crippen molar-refractivity contribution < 1.29 is 18.4 Å². The highest BCUT2D eigenvalue weighted by Gasteiger charge is 2.29. The van der Waals surface area contributed by atoms with Gasteiger partial charge in [-0.05, 0) is 30.9 Å². The Hall–Kier alpha value is -1.07. The summed E-state index contributed by atoms with van der Waals surface area (Å²) in [4.78, 5) is 0. The lowest BCUT2D eigenvalue weighted by Gasteiger charge is -2.27. The third-order valence-corrected chi connectivity index (χ3v) is 3.71. The van der Waals surface area contributed by atoms with E-state index in [-0.39, 0.29) is 11.6 Å². The van der Waals surface area contributed by atoms with E-state index >= 15 is 0 Å². The second kappa shape index (κ2) is 8.40. The molecule has 0 radical (unpaired) electrons. The fourth-order valence-corrected chi connectivity index (χ4v) is 2.52. The van der Waals surface area contributed by atoms with Gasteiger partial charge in [0.25, 0.3) is 0 Å². The van der Waals surface area contributed by atoms with Crippen molar-refractivity contribution in [3.63, 3.8) is 0 Å². The van der Waals surface area contributed by atoms with Gasteiger partial charge in [0.1, 0.15) is 0 Å². The van der Waals surface area contributed by atoms with Crippen LogP contribution in [0, 0.1) is 11.7 Å². The summed E-state index contributed by atoms with van der Waals surface area (Å²) in [5, 5.41) is 0. The largest absolute Gasteiger partial charge is 0.493 e. The molecule has 1 aromatic carbocycles. The Morgan fingerprint density at radius 1 is 1.24 bits per heavy atom. The van der Waals surface area contributed by atoms with Crippen LogP contribution < -0.4 is 10.2 Å². The molecule has 0 N–H and O–H groups in total. The molecule has 0 atom stereocenters. The summed E-state index contributed by atoms with van der Waals surface area (Å²) in [6.45, 7) is 5.85. The molecule has 0 unspecified atom stereocenters. The number of rotatable bonds is 7. The standard InChI is InChI=1S/C16H24BFO3/c1-3-5-6-7-13-11-20-17(21-12-13)14-8-9-16(19-4-2)15(18)10-14/h8-10,13H,3-7,11-12H2,1-2H3. The molecule has 0 aromatic heterocycles. The van der Waals surface area contributed by atoms with E-state index < -0.39 is 7.12 Å². The highest BCUT2D eigenvalue weighted by Crippen LogP contribution is 2.18. The average Bonchev–Trinajstić information content (AvgIpc) is 2.50. The minimum Gasteiger partial charge on any atom is -0.491 e. The zero-order valence-electron chi connectivity index (χ0n) is 12.9. The van der Waals surface area contributed by atoms with E-state index in [0.717, 1.165) is 6.42 Å². The maximum atomic E-state index is 13.8. The second-order valence-electron chi connectivity index (χ2n) is 5.48. The Morgan fingerprint density at radius 2 is 2.00 bits per heavy atom. The predicted octanol–water partition coefficient (Wildman–Crippen LogP) is 3.16. The Labute approximate surface area is 126 Å². The third-order valence-electron chi connectivity index (χ3n) is 3.71. The van der Waals surface area contributed by atoms with Gasteiger partial charge in [-0.25, -0.2) is 4.39 Å². The van der Waals surface area contributed by atoms with Gasteiger partial charge >= 0.3 is 7.12 Å². The number of halogens is 1. The SMILES string of the molecule is CCCCCC1COB(c2ccc(OCC)c(F)c2)OC1. The van der Waals surface area contributed by atoms with Crippen LogP contribution >= 0.6 is 0 Å². The van der Waals surface area contributed by atoms with Crippen molar-refractivity contribution in [2.45, 2.75) is 39.5 Å². The van der Waals surface area contributed by atoms with Crippen LogP contribution in [0.1, 0.15) is 39.5 Å². The summed E-state index contributed by atoms with van der Waals surface area (Å²) in [5.74, 6) is 0.362. The van der Waals surface area contributed by atoms with Gasteiger partial charge in [-0.15, -0.1) is 0 Å². The molecule has 0 bridgehead atoms. The van der Waals surface area contributed by atoms with Gasteiger partial charge in [-0.3, -0.25) is 0 Å².